The molecule has 0 saturated carbocycles. The quantitative estimate of drug-likeness (QED) is 0.781. The van der Waals surface area contributed by atoms with E-state index >= 15 is 0 Å². The summed E-state index contributed by atoms with van der Waals surface area (Å²) < 4.78 is 5.04. The van der Waals surface area contributed by atoms with E-state index in [1.807, 2.05) is 6.92 Å². The zero-order chi connectivity index (χ0) is 15.4. The van der Waals surface area contributed by atoms with Crippen LogP contribution in [-0.2, 0) is 19.6 Å². The number of hydrogen-bond donors (Lipinski definition) is 1. The average molecular weight is 306 g/mol. The van der Waals surface area contributed by atoms with Crippen molar-refractivity contribution in [3.05, 3.63) is 22.6 Å². The molecule has 3 heterocycles. The first-order valence-electron chi connectivity index (χ1n) is 7.88. The van der Waals surface area contributed by atoms with Crippen molar-refractivity contribution in [3.8, 4) is 0 Å². The van der Waals surface area contributed by atoms with Gasteiger partial charge in [-0.3, -0.25) is 4.57 Å². The van der Waals surface area contributed by atoms with Crippen LogP contribution in [0.25, 0.3) is 0 Å². The van der Waals surface area contributed by atoms with Gasteiger partial charge < -0.3 is 5.32 Å². The average Bonchev–Trinajstić information content (AvgIpc) is 3.17. The molecule has 3 rings (SSSR count). The Bertz CT molecular complexity index is 638. The first-order valence-corrected chi connectivity index (χ1v) is 7.88. The first-order chi connectivity index (χ1) is 10.8. The van der Waals surface area contributed by atoms with E-state index in [9.17, 15) is 4.79 Å². The Kier molecular flexibility index (Phi) is 4.62. The normalized spacial score (nSPS) is 18.7. The van der Waals surface area contributed by atoms with Gasteiger partial charge in [0.15, 0.2) is 0 Å². The van der Waals surface area contributed by atoms with Gasteiger partial charge >= 0.3 is 5.69 Å². The van der Waals surface area contributed by atoms with E-state index in [4.69, 9.17) is 0 Å². The second-order valence-corrected chi connectivity index (χ2v) is 5.58. The van der Waals surface area contributed by atoms with Crippen LogP contribution in [0.2, 0.25) is 0 Å². The van der Waals surface area contributed by atoms with Gasteiger partial charge in [0.1, 0.15) is 12.2 Å². The lowest BCUT2D eigenvalue weighted by molar-refractivity contribution is 0.429. The van der Waals surface area contributed by atoms with Crippen molar-refractivity contribution in [1.29, 1.82) is 0 Å². The minimum absolute atomic E-state index is 0.0141. The summed E-state index contributed by atoms with van der Waals surface area (Å²) in [6.45, 7) is 5.88. The van der Waals surface area contributed by atoms with Crippen molar-refractivity contribution in [2.24, 2.45) is 0 Å². The maximum absolute atomic E-state index is 12.5. The van der Waals surface area contributed by atoms with Gasteiger partial charge in [0.05, 0.1) is 0 Å². The Morgan fingerprint density at radius 2 is 2.32 bits per heavy atom. The van der Waals surface area contributed by atoms with E-state index in [2.05, 4.69) is 25.9 Å². The van der Waals surface area contributed by atoms with Gasteiger partial charge in [0.25, 0.3) is 0 Å². The molecule has 1 N–H and O–H groups in total. The number of nitrogens with one attached hydrogen (secondary N) is 1. The second kappa shape index (κ2) is 6.82. The van der Waals surface area contributed by atoms with Crippen LogP contribution in [0.3, 0.4) is 0 Å². The van der Waals surface area contributed by atoms with E-state index in [0.29, 0.717) is 25.6 Å². The third kappa shape index (κ3) is 3.08. The fourth-order valence-corrected chi connectivity index (χ4v) is 2.94. The number of aromatic nitrogens is 7. The van der Waals surface area contributed by atoms with Crippen molar-refractivity contribution >= 4 is 0 Å². The smallest absolute Gasteiger partial charge is 0.316 e. The molecule has 1 atom stereocenters. The Labute approximate surface area is 128 Å². The Morgan fingerprint density at radius 3 is 3.00 bits per heavy atom. The lowest BCUT2D eigenvalue weighted by Crippen LogP contribution is -2.31. The van der Waals surface area contributed by atoms with Gasteiger partial charge in [-0.1, -0.05) is 0 Å². The highest BCUT2D eigenvalue weighted by atomic mass is 16.2. The number of rotatable bonds is 6. The molecule has 9 nitrogen and oxygen atoms in total. The molecule has 0 amide bonds. The van der Waals surface area contributed by atoms with Crippen LogP contribution < -0.4 is 11.0 Å². The van der Waals surface area contributed by atoms with Crippen molar-refractivity contribution in [2.75, 3.05) is 13.1 Å². The predicted octanol–water partition coefficient (Wildman–Crippen LogP) is -0.391. The zero-order valence-corrected chi connectivity index (χ0v) is 12.9. The van der Waals surface area contributed by atoms with E-state index in [-0.39, 0.29) is 5.69 Å². The summed E-state index contributed by atoms with van der Waals surface area (Å²) in [5.74, 6) is 1.25. The van der Waals surface area contributed by atoms with Crippen molar-refractivity contribution < 1.29 is 0 Å². The Hall–Kier alpha value is -2.03. The minimum atomic E-state index is -0.0141. The van der Waals surface area contributed by atoms with Gasteiger partial charge in [-0.05, 0) is 43.2 Å². The zero-order valence-electron chi connectivity index (χ0n) is 12.9. The Morgan fingerprint density at radius 1 is 1.41 bits per heavy atom. The van der Waals surface area contributed by atoms with E-state index in [0.717, 1.165) is 38.2 Å². The molecule has 1 aliphatic rings. The molecule has 2 aromatic rings. The number of piperidine rings is 1. The third-order valence-corrected chi connectivity index (χ3v) is 4.08. The fraction of sp³-hybridized carbons (Fsp3) is 0.769. The van der Waals surface area contributed by atoms with Crippen LogP contribution in [0.1, 0.15) is 37.9 Å². The highest BCUT2D eigenvalue weighted by Gasteiger charge is 2.23. The molecule has 0 aromatic carbocycles. The van der Waals surface area contributed by atoms with Crippen LogP contribution in [0.4, 0.5) is 0 Å². The fourth-order valence-electron chi connectivity index (χ4n) is 2.94. The van der Waals surface area contributed by atoms with Gasteiger partial charge in [-0.15, -0.1) is 5.10 Å². The van der Waals surface area contributed by atoms with E-state index in [1.54, 1.807) is 20.3 Å². The summed E-state index contributed by atoms with van der Waals surface area (Å²) in [5, 5.41) is 19.0. The summed E-state index contributed by atoms with van der Waals surface area (Å²) in [6.07, 6.45) is 4.57. The predicted molar refractivity (Wildman–Crippen MR) is 79.4 cm³/mol. The number of tetrazole rings is 1. The van der Waals surface area contributed by atoms with E-state index < -0.39 is 0 Å². The Balaban J connectivity index is 1.71. The van der Waals surface area contributed by atoms with Gasteiger partial charge in [-0.25, -0.2) is 14.2 Å². The summed E-state index contributed by atoms with van der Waals surface area (Å²) in [7, 11) is 0. The monoisotopic (exact) mass is 306 g/mol. The lowest BCUT2D eigenvalue weighted by Gasteiger charge is -2.21. The molecule has 0 spiro atoms. The maximum Gasteiger partial charge on any atom is 0.345 e. The number of aryl methyl sites for hydroxylation is 2. The molecule has 120 valence electrons. The molecule has 9 heteroatoms. The lowest BCUT2D eigenvalue weighted by atomic mass is 9.99. The molecule has 2 aromatic heterocycles. The van der Waals surface area contributed by atoms with Crippen molar-refractivity contribution in [2.45, 2.75) is 51.7 Å². The first kappa shape index (κ1) is 14.9. The molecule has 0 aliphatic carbocycles. The summed E-state index contributed by atoms with van der Waals surface area (Å²) in [6, 6.07) is 0. The molecular formula is C13H22N8O. The minimum Gasteiger partial charge on any atom is -0.316 e. The summed E-state index contributed by atoms with van der Waals surface area (Å²) in [4.78, 5) is 12.5. The van der Waals surface area contributed by atoms with Crippen molar-refractivity contribution in [3.63, 3.8) is 0 Å². The largest absolute Gasteiger partial charge is 0.345 e. The molecular weight excluding hydrogens is 284 g/mol. The number of nitrogens with zero attached hydrogens (tertiary/aromatic N) is 7. The highest BCUT2D eigenvalue weighted by molar-refractivity contribution is 5.00. The number of hydrogen-bond acceptors (Lipinski definition) is 6. The van der Waals surface area contributed by atoms with Gasteiger partial charge in [0.2, 0.25) is 0 Å². The maximum atomic E-state index is 12.5. The van der Waals surface area contributed by atoms with Crippen LogP contribution in [0.5, 0.6) is 0 Å². The molecule has 0 unspecified atom stereocenters. The molecule has 1 saturated heterocycles. The molecule has 22 heavy (non-hydrogen) atoms. The second-order valence-electron chi connectivity index (χ2n) is 5.58. The molecule has 1 fully saturated rings. The third-order valence-electron chi connectivity index (χ3n) is 4.08. The molecule has 0 bridgehead atoms. The summed E-state index contributed by atoms with van der Waals surface area (Å²) >= 11 is 0. The highest BCUT2D eigenvalue weighted by Crippen LogP contribution is 2.20. The van der Waals surface area contributed by atoms with Gasteiger partial charge in [-0.2, -0.15) is 5.10 Å². The van der Waals surface area contributed by atoms with E-state index in [1.165, 1.54) is 0 Å². The van der Waals surface area contributed by atoms with Crippen LogP contribution >= 0.6 is 0 Å². The van der Waals surface area contributed by atoms with Crippen LogP contribution in [0, 0.1) is 0 Å². The van der Waals surface area contributed by atoms with Crippen molar-refractivity contribution in [1.82, 2.24) is 39.9 Å². The molecule has 1 aliphatic heterocycles. The molecule has 0 radical (unpaired) electrons. The SMILES string of the molecule is CCn1c([C@H]2CCCNC2)nn(CCCn2cnnn2)c1=O. The van der Waals surface area contributed by atoms with Gasteiger partial charge in [0, 0.05) is 32.1 Å². The standard InChI is InChI=1S/C13H22N8O/c1-2-20-12(11-5-3-6-14-9-11)16-21(13(20)22)8-4-7-19-10-15-17-18-19/h10-11,14H,2-9H2,1H3/t11-/m0/s1. The van der Waals surface area contributed by atoms with Crippen LogP contribution in [-0.4, -0.2) is 47.6 Å². The topological polar surface area (TPSA) is 95.5 Å². The van der Waals surface area contributed by atoms with Crippen LogP contribution in [0.15, 0.2) is 11.1 Å². The summed E-state index contributed by atoms with van der Waals surface area (Å²) in [5.41, 5.74) is -0.0141.